The Morgan fingerprint density at radius 3 is 2.85 bits per heavy atom. The van der Waals surface area contributed by atoms with Gasteiger partial charge in [0.05, 0.1) is 6.61 Å². The van der Waals surface area contributed by atoms with Crippen molar-refractivity contribution in [3.05, 3.63) is 0 Å². The molecule has 0 bridgehead atoms. The van der Waals surface area contributed by atoms with Crippen LogP contribution < -0.4 is 10.6 Å². The molecule has 0 spiro atoms. The van der Waals surface area contributed by atoms with E-state index in [9.17, 15) is 0 Å². The maximum atomic E-state index is 5.47. The second-order valence-corrected chi connectivity index (χ2v) is 4.29. The number of hydrogen-bond donors (Lipinski definition) is 2. The van der Waals surface area contributed by atoms with Crippen LogP contribution in [0.5, 0.6) is 0 Å². The molecular weight excluding hydrogens is 164 g/mol. The molecule has 1 fully saturated rings. The molecular formula is C10H22N2O. The van der Waals surface area contributed by atoms with Gasteiger partial charge in [0.25, 0.3) is 0 Å². The Balaban J connectivity index is 2.24. The van der Waals surface area contributed by atoms with Gasteiger partial charge in [0, 0.05) is 24.7 Å². The molecule has 0 aromatic heterocycles. The van der Waals surface area contributed by atoms with Crippen molar-refractivity contribution in [2.45, 2.75) is 38.3 Å². The predicted octanol–water partition coefficient (Wildman–Crippen LogP) is 0.753. The van der Waals surface area contributed by atoms with Gasteiger partial charge in [0.15, 0.2) is 0 Å². The summed E-state index contributed by atoms with van der Waals surface area (Å²) in [5, 5.41) is 6.78. The fourth-order valence-electron chi connectivity index (χ4n) is 1.57. The van der Waals surface area contributed by atoms with Gasteiger partial charge in [-0.1, -0.05) is 0 Å². The van der Waals surface area contributed by atoms with Gasteiger partial charge >= 0.3 is 0 Å². The minimum absolute atomic E-state index is 0.198. The molecule has 2 atom stereocenters. The molecule has 13 heavy (non-hydrogen) atoms. The van der Waals surface area contributed by atoms with Crippen LogP contribution in [0.1, 0.15) is 26.7 Å². The van der Waals surface area contributed by atoms with E-state index in [1.165, 1.54) is 12.8 Å². The standard InChI is InChI=1S/C10H22N2O/c1-9(11-3)7-12-10(2)5-4-6-13-8-10/h9,11-12H,4-8H2,1-3H3. The lowest BCUT2D eigenvalue weighted by Crippen LogP contribution is -2.52. The third-order valence-corrected chi connectivity index (χ3v) is 2.77. The van der Waals surface area contributed by atoms with Crippen molar-refractivity contribution in [2.75, 3.05) is 26.8 Å². The molecule has 1 heterocycles. The second-order valence-electron chi connectivity index (χ2n) is 4.29. The van der Waals surface area contributed by atoms with Crippen LogP contribution >= 0.6 is 0 Å². The number of ether oxygens (including phenoxy) is 1. The molecule has 3 nitrogen and oxygen atoms in total. The molecule has 1 saturated heterocycles. The van der Waals surface area contributed by atoms with Gasteiger partial charge in [-0.15, -0.1) is 0 Å². The molecule has 2 N–H and O–H groups in total. The average Bonchev–Trinajstić information content (AvgIpc) is 2.15. The Morgan fingerprint density at radius 1 is 1.54 bits per heavy atom. The van der Waals surface area contributed by atoms with E-state index in [0.717, 1.165) is 19.8 Å². The Labute approximate surface area is 81.2 Å². The van der Waals surface area contributed by atoms with E-state index in [1.54, 1.807) is 0 Å². The van der Waals surface area contributed by atoms with Crippen molar-refractivity contribution >= 4 is 0 Å². The van der Waals surface area contributed by atoms with E-state index in [2.05, 4.69) is 24.5 Å². The highest BCUT2D eigenvalue weighted by molar-refractivity contribution is 4.86. The highest BCUT2D eigenvalue weighted by atomic mass is 16.5. The van der Waals surface area contributed by atoms with E-state index < -0.39 is 0 Å². The summed E-state index contributed by atoms with van der Waals surface area (Å²) in [6.45, 7) is 7.22. The fraction of sp³-hybridized carbons (Fsp3) is 1.00. The Morgan fingerprint density at radius 2 is 2.31 bits per heavy atom. The van der Waals surface area contributed by atoms with Crippen LogP contribution in [0, 0.1) is 0 Å². The number of hydrogen-bond acceptors (Lipinski definition) is 3. The van der Waals surface area contributed by atoms with E-state index >= 15 is 0 Å². The first-order chi connectivity index (χ1) is 6.16. The van der Waals surface area contributed by atoms with Crippen LogP contribution in [0.25, 0.3) is 0 Å². The van der Waals surface area contributed by atoms with E-state index in [4.69, 9.17) is 4.74 Å². The van der Waals surface area contributed by atoms with E-state index in [0.29, 0.717) is 6.04 Å². The summed E-state index contributed by atoms with van der Waals surface area (Å²) < 4.78 is 5.47. The van der Waals surface area contributed by atoms with Crippen molar-refractivity contribution in [3.63, 3.8) is 0 Å². The van der Waals surface area contributed by atoms with E-state index in [-0.39, 0.29) is 5.54 Å². The molecule has 78 valence electrons. The lowest BCUT2D eigenvalue weighted by Gasteiger charge is -2.35. The highest BCUT2D eigenvalue weighted by Crippen LogP contribution is 2.17. The van der Waals surface area contributed by atoms with E-state index in [1.807, 2.05) is 7.05 Å². The maximum absolute atomic E-state index is 5.47. The summed E-state index contributed by atoms with van der Waals surface area (Å²) in [6, 6.07) is 0.527. The number of nitrogens with one attached hydrogen (secondary N) is 2. The molecule has 2 unspecified atom stereocenters. The highest BCUT2D eigenvalue weighted by Gasteiger charge is 2.26. The maximum Gasteiger partial charge on any atom is 0.0645 e. The predicted molar refractivity (Wildman–Crippen MR) is 55.0 cm³/mol. The molecule has 0 aromatic carbocycles. The van der Waals surface area contributed by atoms with Crippen molar-refractivity contribution in [2.24, 2.45) is 0 Å². The Kier molecular flexibility index (Phi) is 4.16. The zero-order valence-corrected chi connectivity index (χ0v) is 9.02. The minimum Gasteiger partial charge on any atom is -0.380 e. The molecule has 1 rings (SSSR count). The number of rotatable bonds is 4. The van der Waals surface area contributed by atoms with Gasteiger partial charge in [0.1, 0.15) is 0 Å². The summed E-state index contributed by atoms with van der Waals surface area (Å²) >= 11 is 0. The molecule has 0 aromatic rings. The van der Waals surface area contributed by atoms with Crippen molar-refractivity contribution in [1.82, 2.24) is 10.6 Å². The summed E-state index contributed by atoms with van der Waals surface area (Å²) in [5.74, 6) is 0. The third kappa shape index (κ3) is 3.63. The molecule has 3 heteroatoms. The van der Waals surface area contributed by atoms with Crippen molar-refractivity contribution < 1.29 is 4.74 Å². The quantitative estimate of drug-likeness (QED) is 0.680. The monoisotopic (exact) mass is 186 g/mol. The largest absolute Gasteiger partial charge is 0.380 e. The zero-order valence-electron chi connectivity index (χ0n) is 9.02. The van der Waals surface area contributed by atoms with Crippen LogP contribution in [0.3, 0.4) is 0 Å². The Bertz CT molecular complexity index is 144. The normalized spacial score (nSPS) is 31.6. The smallest absolute Gasteiger partial charge is 0.0645 e. The van der Waals surface area contributed by atoms with Crippen LogP contribution in [-0.2, 0) is 4.74 Å². The topological polar surface area (TPSA) is 33.3 Å². The van der Waals surface area contributed by atoms with Gasteiger partial charge in [-0.2, -0.15) is 0 Å². The van der Waals surface area contributed by atoms with Gasteiger partial charge in [-0.05, 0) is 33.7 Å². The Hall–Kier alpha value is -0.120. The van der Waals surface area contributed by atoms with Crippen LogP contribution in [0.4, 0.5) is 0 Å². The summed E-state index contributed by atoms with van der Waals surface area (Å²) in [7, 11) is 1.99. The minimum atomic E-state index is 0.198. The van der Waals surface area contributed by atoms with Crippen LogP contribution in [0.15, 0.2) is 0 Å². The summed E-state index contributed by atoms with van der Waals surface area (Å²) in [6.07, 6.45) is 2.40. The fourth-order valence-corrected chi connectivity index (χ4v) is 1.57. The first-order valence-corrected chi connectivity index (χ1v) is 5.16. The van der Waals surface area contributed by atoms with Gasteiger partial charge in [-0.3, -0.25) is 0 Å². The van der Waals surface area contributed by atoms with Crippen LogP contribution in [-0.4, -0.2) is 38.4 Å². The SMILES string of the molecule is CNC(C)CNC1(C)CCCOC1. The van der Waals surface area contributed by atoms with Crippen LogP contribution in [0.2, 0.25) is 0 Å². The zero-order chi connectivity index (χ0) is 9.73. The molecule has 0 saturated carbocycles. The summed E-state index contributed by atoms with van der Waals surface area (Å²) in [5.41, 5.74) is 0.198. The second kappa shape index (κ2) is 4.94. The molecule has 1 aliphatic heterocycles. The molecule has 1 aliphatic rings. The average molecular weight is 186 g/mol. The first kappa shape index (κ1) is 11.0. The van der Waals surface area contributed by atoms with Gasteiger partial charge in [-0.25, -0.2) is 0 Å². The van der Waals surface area contributed by atoms with Gasteiger partial charge in [0.2, 0.25) is 0 Å². The lowest BCUT2D eigenvalue weighted by atomic mass is 9.95. The van der Waals surface area contributed by atoms with Crippen molar-refractivity contribution in [3.8, 4) is 0 Å². The molecule has 0 amide bonds. The molecule has 0 aliphatic carbocycles. The third-order valence-electron chi connectivity index (χ3n) is 2.77. The number of likely N-dealkylation sites (N-methyl/N-ethyl adjacent to an activating group) is 1. The van der Waals surface area contributed by atoms with Crippen molar-refractivity contribution in [1.29, 1.82) is 0 Å². The molecule has 0 radical (unpaired) electrons. The first-order valence-electron chi connectivity index (χ1n) is 5.16. The van der Waals surface area contributed by atoms with Gasteiger partial charge < -0.3 is 15.4 Å². The summed E-state index contributed by atoms with van der Waals surface area (Å²) in [4.78, 5) is 0. The lowest BCUT2D eigenvalue weighted by molar-refractivity contribution is 0.0279.